The van der Waals surface area contributed by atoms with Gasteiger partial charge in [0.05, 0.1) is 0 Å². The number of rotatable bonds is 4. The molecule has 1 amide bonds. The molecule has 0 bridgehead atoms. The second-order valence-electron chi connectivity index (χ2n) is 8.45. The van der Waals surface area contributed by atoms with E-state index in [0.717, 1.165) is 37.2 Å². The molecular formula is C20H28N4OS. The smallest absolute Gasteiger partial charge is 0.242 e. The lowest BCUT2D eigenvalue weighted by Gasteiger charge is -2.30. The Morgan fingerprint density at radius 3 is 2.65 bits per heavy atom. The molecule has 3 rings (SSSR count). The minimum absolute atomic E-state index is 0.127. The summed E-state index contributed by atoms with van der Waals surface area (Å²) in [6, 6.07) is 8.43. The minimum atomic E-state index is 0.127. The second kappa shape index (κ2) is 7.35. The predicted octanol–water partition coefficient (Wildman–Crippen LogP) is 4.34. The molecule has 2 aromatic rings. The molecule has 1 fully saturated rings. The molecule has 1 saturated heterocycles. The number of carbonyl (C=O) groups excluding carboxylic acids is 1. The Kier molecular flexibility index (Phi) is 5.32. The Morgan fingerprint density at radius 1 is 1.31 bits per heavy atom. The molecule has 1 aromatic heterocycles. The molecule has 0 saturated carbocycles. The molecule has 0 spiro atoms. The summed E-state index contributed by atoms with van der Waals surface area (Å²) in [6.45, 7) is 9.82. The van der Waals surface area contributed by atoms with E-state index in [-0.39, 0.29) is 17.9 Å². The van der Waals surface area contributed by atoms with Gasteiger partial charge in [-0.3, -0.25) is 14.5 Å². The summed E-state index contributed by atoms with van der Waals surface area (Å²) in [7, 11) is 0. The number of aromatic amines is 1. The Bertz CT molecular complexity index is 829. The zero-order valence-corrected chi connectivity index (χ0v) is 16.9. The van der Waals surface area contributed by atoms with E-state index in [2.05, 4.69) is 31.0 Å². The average Bonchev–Trinajstić information content (AvgIpc) is 3.14. The van der Waals surface area contributed by atoms with E-state index in [1.807, 2.05) is 40.7 Å². The largest absolute Gasteiger partial charge is 0.338 e. The first-order valence-electron chi connectivity index (χ1n) is 9.26. The number of hydrogen-bond acceptors (Lipinski definition) is 3. The third kappa shape index (κ3) is 4.23. The van der Waals surface area contributed by atoms with Gasteiger partial charge in [0, 0.05) is 18.2 Å². The van der Waals surface area contributed by atoms with Gasteiger partial charge in [0.15, 0.2) is 10.6 Å². The molecule has 0 aliphatic carbocycles. The van der Waals surface area contributed by atoms with Crippen LogP contribution >= 0.6 is 12.2 Å². The van der Waals surface area contributed by atoms with Crippen LogP contribution in [-0.2, 0) is 11.3 Å². The first-order chi connectivity index (χ1) is 12.2. The number of aryl methyl sites for hydroxylation is 1. The first kappa shape index (κ1) is 18.8. The maximum Gasteiger partial charge on any atom is 0.242 e. The lowest BCUT2D eigenvalue weighted by Crippen LogP contribution is -2.39. The van der Waals surface area contributed by atoms with Crippen molar-refractivity contribution in [1.82, 2.24) is 19.7 Å². The fourth-order valence-corrected chi connectivity index (χ4v) is 3.89. The normalized spacial score (nSPS) is 17.7. The van der Waals surface area contributed by atoms with Crippen LogP contribution in [0.3, 0.4) is 0 Å². The lowest BCUT2D eigenvalue weighted by atomic mass is 9.87. The third-order valence-corrected chi connectivity index (χ3v) is 5.22. The van der Waals surface area contributed by atoms with Gasteiger partial charge in [0.25, 0.3) is 0 Å². The molecule has 1 N–H and O–H groups in total. The van der Waals surface area contributed by atoms with Gasteiger partial charge in [-0.1, -0.05) is 50.6 Å². The molecule has 2 heterocycles. The molecule has 1 atom stereocenters. The fourth-order valence-electron chi connectivity index (χ4n) is 3.70. The van der Waals surface area contributed by atoms with E-state index in [1.54, 1.807) is 0 Å². The number of aromatic nitrogens is 3. The van der Waals surface area contributed by atoms with Gasteiger partial charge in [-0.05, 0) is 43.8 Å². The summed E-state index contributed by atoms with van der Waals surface area (Å²) in [5, 5.41) is 7.19. The Balaban J connectivity index is 1.81. The zero-order chi connectivity index (χ0) is 18.9. The maximum atomic E-state index is 13.0. The van der Waals surface area contributed by atoms with E-state index in [0.29, 0.717) is 10.8 Å². The van der Waals surface area contributed by atoms with Crippen molar-refractivity contribution >= 4 is 18.1 Å². The van der Waals surface area contributed by atoms with Crippen LogP contribution in [0.5, 0.6) is 0 Å². The molecule has 1 aliphatic rings. The third-order valence-electron chi connectivity index (χ3n) is 4.91. The number of H-pyrrole nitrogens is 1. The second-order valence-corrected chi connectivity index (χ2v) is 8.84. The SMILES string of the molecule is Cc1ccc(-c2n[nH]c(=S)n2CC(=O)N2CCCC2CC(C)(C)C)cc1. The van der Waals surface area contributed by atoms with Crippen LogP contribution < -0.4 is 0 Å². The number of carbonyl (C=O) groups is 1. The topological polar surface area (TPSA) is 53.9 Å². The number of amides is 1. The fraction of sp³-hybridized carbons (Fsp3) is 0.550. The molecule has 1 aromatic carbocycles. The highest BCUT2D eigenvalue weighted by molar-refractivity contribution is 7.71. The number of nitrogens with zero attached hydrogens (tertiary/aromatic N) is 3. The number of nitrogens with one attached hydrogen (secondary N) is 1. The van der Waals surface area contributed by atoms with Crippen molar-refractivity contribution in [1.29, 1.82) is 0 Å². The Hall–Kier alpha value is -1.95. The van der Waals surface area contributed by atoms with Crippen molar-refractivity contribution in [3.8, 4) is 11.4 Å². The standard InChI is InChI=1S/C20H28N4OS/c1-14-7-9-15(10-8-14)18-21-22-19(26)24(18)13-17(25)23-11-5-6-16(23)12-20(2,3)4/h7-10,16H,5-6,11-13H2,1-4H3,(H,22,26). The monoisotopic (exact) mass is 372 g/mol. The van der Waals surface area contributed by atoms with Gasteiger partial charge in [-0.25, -0.2) is 0 Å². The van der Waals surface area contributed by atoms with E-state index >= 15 is 0 Å². The van der Waals surface area contributed by atoms with Crippen LogP contribution in [-0.4, -0.2) is 38.2 Å². The summed E-state index contributed by atoms with van der Waals surface area (Å²) >= 11 is 5.38. The van der Waals surface area contributed by atoms with Crippen molar-refractivity contribution < 1.29 is 4.79 Å². The van der Waals surface area contributed by atoms with Crippen LogP contribution in [0.1, 0.15) is 45.6 Å². The van der Waals surface area contributed by atoms with Crippen molar-refractivity contribution in [2.75, 3.05) is 6.54 Å². The molecule has 1 unspecified atom stereocenters. The molecule has 6 heteroatoms. The highest BCUT2D eigenvalue weighted by atomic mass is 32.1. The summed E-state index contributed by atoms with van der Waals surface area (Å²) in [4.78, 5) is 15.1. The number of likely N-dealkylation sites (tertiary alicyclic amines) is 1. The van der Waals surface area contributed by atoms with Crippen LogP contribution in [0.25, 0.3) is 11.4 Å². The van der Waals surface area contributed by atoms with Gasteiger partial charge < -0.3 is 4.90 Å². The molecule has 1 aliphatic heterocycles. The molecular weight excluding hydrogens is 344 g/mol. The van der Waals surface area contributed by atoms with Crippen LogP contribution in [0.15, 0.2) is 24.3 Å². The van der Waals surface area contributed by atoms with E-state index in [4.69, 9.17) is 12.2 Å². The van der Waals surface area contributed by atoms with Crippen molar-refractivity contribution in [3.63, 3.8) is 0 Å². The van der Waals surface area contributed by atoms with Crippen molar-refractivity contribution in [3.05, 3.63) is 34.6 Å². The average molecular weight is 373 g/mol. The number of hydrogen-bond donors (Lipinski definition) is 1. The highest BCUT2D eigenvalue weighted by Gasteiger charge is 2.32. The summed E-state index contributed by atoms with van der Waals surface area (Å²) < 4.78 is 2.30. The van der Waals surface area contributed by atoms with Gasteiger partial charge in [0.1, 0.15) is 6.54 Å². The van der Waals surface area contributed by atoms with E-state index in [1.165, 1.54) is 5.56 Å². The Labute approximate surface area is 160 Å². The minimum Gasteiger partial charge on any atom is -0.338 e. The van der Waals surface area contributed by atoms with Gasteiger partial charge in [-0.15, -0.1) is 0 Å². The van der Waals surface area contributed by atoms with Crippen LogP contribution in [0.2, 0.25) is 0 Å². The highest BCUT2D eigenvalue weighted by Crippen LogP contribution is 2.30. The molecule has 0 radical (unpaired) electrons. The summed E-state index contributed by atoms with van der Waals surface area (Å²) in [5.41, 5.74) is 2.36. The maximum absolute atomic E-state index is 13.0. The van der Waals surface area contributed by atoms with E-state index in [9.17, 15) is 4.79 Å². The molecule has 26 heavy (non-hydrogen) atoms. The van der Waals surface area contributed by atoms with Gasteiger partial charge in [0.2, 0.25) is 5.91 Å². The van der Waals surface area contributed by atoms with Crippen LogP contribution in [0, 0.1) is 17.1 Å². The number of benzene rings is 1. The van der Waals surface area contributed by atoms with Crippen molar-refractivity contribution in [2.24, 2.45) is 5.41 Å². The van der Waals surface area contributed by atoms with Crippen molar-refractivity contribution in [2.45, 2.75) is 59.5 Å². The predicted molar refractivity (Wildman–Crippen MR) is 106 cm³/mol. The quantitative estimate of drug-likeness (QED) is 0.812. The summed E-state index contributed by atoms with van der Waals surface area (Å²) in [5.74, 6) is 0.845. The zero-order valence-electron chi connectivity index (χ0n) is 16.1. The van der Waals surface area contributed by atoms with Gasteiger partial charge in [-0.2, -0.15) is 5.10 Å². The van der Waals surface area contributed by atoms with E-state index < -0.39 is 0 Å². The first-order valence-corrected chi connectivity index (χ1v) is 9.67. The Morgan fingerprint density at radius 2 is 2.00 bits per heavy atom. The van der Waals surface area contributed by atoms with Gasteiger partial charge >= 0.3 is 0 Å². The van der Waals surface area contributed by atoms with Crippen LogP contribution in [0.4, 0.5) is 0 Å². The lowest BCUT2D eigenvalue weighted by molar-refractivity contribution is -0.133. The summed E-state index contributed by atoms with van der Waals surface area (Å²) in [6.07, 6.45) is 3.19. The molecule has 140 valence electrons. The molecule has 5 nitrogen and oxygen atoms in total.